The van der Waals surface area contributed by atoms with Crippen molar-refractivity contribution in [1.29, 1.82) is 0 Å². The van der Waals surface area contributed by atoms with Crippen molar-refractivity contribution in [3.8, 4) is 0 Å². The summed E-state index contributed by atoms with van der Waals surface area (Å²) >= 11 is 10.6. The first-order valence-electron chi connectivity index (χ1n) is 9.28. The van der Waals surface area contributed by atoms with Gasteiger partial charge in [-0.25, -0.2) is 5.43 Å². The smallest absolute Gasteiger partial charge is 0.250 e. The molecular formula is C21H20BrClN6OS. The molecule has 0 aliphatic carbocycles. The summed E-state index contributed by atoms with van der Waals surface area (Å²) in [6.07, 6.45) is 3.36. The Hall–Kier alpha value is -2.62. The zero-order valence-corrected chi connectivity index (χ0v) is 19.6. The van der Waals surface area contributed by atoms with Crippen molar-refractivity contribution in [3.05, 3.63) is 82.1 Å². The van der Waals surface area contributed by atoms with E-state index in [1.165, 1.54) is 11.8 Å². The van der Waals surface area contributed by atoms with Crippen LogP contribution in [0.5, 0.6) is 0 Å². The minimum absolute atomic E-state index is 0.162. The van der Waals surface area contributed by atoms with Gasteiger partial charge in [-0.05, 0) is 42.0 Å². The highest BCUT2D eigenvalue weighted by Crippen LogP contribution is 2.19. The molecule has 2 N–H and O–H groups in total. The van der Waals surface area contributed by atoms with Gasteiger partial charge in [0.15, 0.2) is 11.0 Å². The van der Waals surface area contributed by atoms with Crippen molar-refractivity contribution < 1.29 is 4.79 Å². The molecule has 0 bridgehead atoms. The normalized spacial score (nSPS) is 10.9. The second-order valence-electron chi connectivity index (χ2n) is 6.30. The Balaban J connectivity index is 1.54. The van der Waals surface area contributed by atoms with Gasteiger partial charge in [-0.3, -0.25) is 4.79 Å². The van der Waals surface area contributed by atoms with Crippen LogP contribution in [-0.4, -0.2) is 32.6 Å². The fourth-order valence-corrected chi connectivity index (χ4v) is 3.85. The lowest BCUT2D eigenvalue weighted by atomic mass is 10.2. The fraction of sp³-hybridized carbons (Fsp3) is 0.143. The summed E-state index contributed by atoms with van der Waals surface area (Å²) in [7, 11) is 0. The van der Waals surface area contributed by atoms with E-state index in [1.807, 2.05) is 53.1 Å². The van der Waals surface area contributed by atoms with Gasteiger partial charge >= 0.3 is 0 Å². The molecule has 0 spiro atoms. The highest BCUT2D eigenvalue weighted by atomic mass is 79.9. The summed E-state index contributed by atoms with van der Waals surface area (Å²) in [5.74, 6) is 0.672. The van der Waals surface area contributed by atoms with Gasteiger partial charge in [-0.1, -0.05) is 57.5 Å². The minimum Gasteiger partial charge on any atom is -0.378 e. The van der Waals surface area contributed by atoms with Crippen LogP contribution < -0.4 is 10.7 Å². The SMILES string of the molecule is C=CCn1c(CNc2ccc(Cl)cc2)nnc1SCC(=O)N/N=C/c1cccc(Br)c1. The van der Waals surface area contributed by atoms with Crippen molar-refractivity contribution in [2.75, 3.05) is 11.1 Å². The van der Waals surface area contributed by atoms with E-state index in [1.54, 1.807) is 12.3 Å². The average Bonchev–Trinajstić information content (AvgIpc) is 3.14. The van der Waals surface area contributed by atoms with Gasteiger partial charge in [0.1, 0.15) is 0 Å². The Morgan fingerprint density at radius 1 is 1.26 bits per heavy atom. The summed E-state index contributed by atoms with van der Waals surface area (Å²) in [5, 5.41) is 17.1. The minimum atomic E-state index is -0.231. The van der Waals surface area contributed by atoms with Crippen molar-refractivity contribution in [1.82, 2.24) is 20.2 Å². The number of carbonyl (C=O) groups excluding carboxylic acids is 1. The molecule has 2 aromatic carbocycles. The first-order valence-corrected chi connectivity index (χ1v) is 11.4. The predicted octanol–water partition coefficient (Wildman–Crippen LogP) is 4.73. The number of allylic oxidation sites excluding steroid dienone is 1. The van der Waals surface area contributed by atoms with Crippen molar-refractivity contribution in [3.63, 3.8) is 0 Å². The zero-order valence-electron chi connectivity index (χ0n) is 16.5. The number of nitrogens with one attached hydrogen (secondary N) is 2. The topological polar surface area (TPSA) is 84.2 Å². The maximum Gasteiger partial charge on any atom is 0.250 e. The lowest BCUT2D eigenvalue weighted by molar-refractivity contribution is -0.118. The Labute approximate surface area is 198 Å². The number of thioether (sulfide) groups is 1. The molecule has 0 radical (unpaired) electrons. The highest BCUT2D eigenvalue weighted by Gasteiger charge is 2.13. The molecular weight excluding hydrogens is 500 g/mol. The van der Waals surface area contributed by atoms with E-state index in [0.29, 0.717) is 23.3 Å². The lowest BCUT2D eigenvalue weighted by Crippen LogP contribution is -2.20. The molecule has 3 aromatic rings. The number of benzene rings is 2. The number of amides is 1. The van der Waals surface area contributed by atoms with Crippen LogP contribution in [0.4, 0.5) is 5.69 Å². The molecule has 31 heavy (non-hydrogen) atoms. The number of hydrogen-bond donors (Lipinski definition) is 2. The monoisotopic (exact) mass is 518 g/mol. The van der Waals surface area contributed by atoms with Crippen LogP contribution >= 0.6 is 39.3 Å². The summed E-state index contributed by atoms with van der Waals surface area (Å²) in [5.41, 5.74) is 4.33. The predicted molar refractivity (Wildman–Crippen MR) is 130 cm³/mol. The third-order valence-electron chi connectivity index (χ3n) is 3.98. The maximum absolute atomic E-state index is 12.1. The van der Waals surface area contributed by atoms with Gasteiger partial charge < -0.3 is 9.88 Å². The van der Waals surface area contributed by atoms with Crippen LogP contribution in [0.1, 0.15) is 11.4 Å². The van der Waals surface area contributed by atoms with Gasteiger partial charge in [0.25, 0.3) is 5.91 Å². The number of aromatic nitrogens is 3. The average molecular weight is 520 g/mol. The summed E-state index contributed by atoms with van der Waals surface area (Å²) in [6.45, 7) is 4.81. The Morgan fingerprint density at radius 2 is 2.06 bits per heavy atom. The molecule has 0 aliphatic rings. The van der Waals surface area contributed by atoms with E-state index < -0.39 is 0 Å². The molecule has 1 aromatic heterocycles. The van der Waals surface area contributed by atoms with E-state index in [0.717, 1.165) is 21.5 Å². The molecule has 160 valence electrons. The summed E-state index contributed by atoms with van der Waals surface area (Å²) in [6, 6.07) is 15.0. The van der Waals surface area contributed by atoms with Crippen LogP contribution in [0.15, 0.2) is 75.9 Å². The largest absolute Gasteiger partial charge is 0.378 e. The maximum atomic E-state index is 12.1. The van der Waals surface area contributed by atoms with Gasteiger partial charge in [0.2, 0.25) is 0 Å². The molecule has 0 atom stereocenters. The molecule has 0 fully saturated rings. The fourth-order valence-electron chi connectivity index (χ4n) is 2.55. The molecule has 0 saturated carbocycles. The van der Waals surface area contributed by atoms with Crippen LogP contribution in [0.2, 0.25) is 5.02 Å². The number of rotatable bonds is 10. The highest BCUT2D eigenvalue weighted by molar-refractivity contribution is 9.10. The second-order valence-corrected chi connectivity index (χ2v) is 8.59. The lowest BCUT2D eigenvalue weighted by Gasteiger charge is -2.09. The van der Waals surface area contributed by atoms with Crippen LogP contribution in [0, 0.1) is 0 Å². The van der Waals surface area contributed by atoms with E-state index in [4.69, 9.17) is 11.6 Å². The van der Waals surface area contributed by atoms with E-state index in [9.17, 15) is 4.79 Å². The van der Waals surface area contributed by atoms with Gasteiger partial charge in [0.05, 0.1) is 18.5 Å². The number of anilines is 1. The molecule has 7 nitrogen and oxygen atoms in total. The number of hydrazone groups is 1. The van der Waals surface area contributed by atoms with E-state index in [-0.39, 0.29) is 11.7 Å². The quantitative estimate of drug-likeness (QED) is 0.175. The molecule has 0 unspecified atom stereocenters. The Kier molecular flexibility index (Phi) is 8.69. The zero-order chi connectivity index (χ0) is 22.1. The van der Waals surface area contributed by atoms with Crippen molar-refractivity contribution in [2.24, 2.45) is 5.10 Å². The summed E-state index contributed by atoms with van der Waals surface area (Å²) in [4.78, 5) is 12.1. The summed E-state index contributed by atoms with van der Waals surface area (Å²) < 4.78 is 2.86. The first-order chi connectivity index (χ1) is 15.0. The third-order valence-corrected chi connectivity index (χ3v) is 5.70. The van der Waals surface area contributed by atoms with Crippen LogP contribution in [-0.2, 0) is 17.9 Å². The van der Waals surface area contributed by atoms with E-state index in [2.05, 4.69) is 48.6 Å². The van der Waals surface area contributed by atoms with Gasteiger partial charge in [0, 0.05) is 21.7 Å². The Morgan fingerprint density at radius 3 is 2.81 bits per heavy atom. The van der Waals surface area contributed by atoms with Gasteiger partial charge in [-0.15, -0.1) is 16.8 Å². The van der Waals surface area contributed by atoms with Crippen LogP contribution in [0.3, 0.4) is 0 Å². The number of nitrogens with zero attached hydrogens (tertiary/aromatic N) is 4. The molecule has 1 amide bonds. The number of halogens is 2. The molecule has 10 heteroatoms. The van der Waals surface area contributed by atoms with Crippen molar-refractivity contribution in [2.45, 2.75) is 18.2 Å². The van der Waals surface area contributed by atoms with E-state index >= 15 is 0 Å². The molecule has 3 rings (SSSR count). The standard InChI is InChI=1S/C21H20BrClN6OS/c1-2-10-29-19(13-24-18-8-6-17(23)7-9-18)26-28-21(29)31-14-20(30)27-25-12-15-4-3-5-16(22)11-15/h2-9,11-12,24H,1,10,13-14H2,(H,27,30)/b25-12+. The number of carbonyl (C=O) groups is 1. The molecule has 0 aliphatic heterocycles. The molecule has 1 heterocycles. The molecule has 0 saturated heterocycles. The third kappa shape index (κ3) is 7.23. The van der Waals surface area contributed by atoms with Crippen LogP contribution in [0.25, 0.3) is 0 Å². The van der Waals surface area contributed by atoms with Gasteiger partial charge in [-0.2, -0.15) is 5.10 Å². The second kappa shape index (κ2) is 11.7. The Bertz CT molecular complexity index is 1070. The first kappa shape index (κ1) is 23.1. The van der Waals surface area contributed by atoms with Crippen molar-refractivity contribution >= 4 is 57.1 Å². The number of hydrogen-bond acceptors (Lipinski definition) is 6.